The molecule has 0 aliphatic carbocycles. The van der Waals surface area contributed by atoms with Crippen LogP contribution < -0.4 is 4.90 Å². The highest BCUT2D eigenvalue weighted by Crippen LogP contribution is 2.34. The molecule has 6 heterocycles. The summed E-state index contributed by atoms with van der Waals surface area (Å²) in [5, 5.41) is 9.62. The number of hydrogen-bond acceptors (Lipinski definition) is 6. The lowest BCUT2D eigenvalue weighted by Crippen LogP contribution is -2.08. The maximum atomic E-state index is 4.60. The average Bonchev–Trinajstić information content (AvgIpc) is 3.48. The van der Waals surface area contributed by atoms with Crippen molar-refractivity contribution in [3.05, 3.63) is 73.7 Å². The summed E-state index contributed by atoms with van der Waals surface area (Å²) in [4.78, 5) is 23.2. The first-order valence-electron chi connectivity index (χ1n) is 10.5. The predicted octanol–water partition coefficient (Wildman–Crippen LogP) is 4.69. The van der Waals surface area contributed by atoms with E-state index in [1.54, 1.807) is 6.20 Å². The van der Waals surface area contributed by atoms with Crippen molar-refractivity contribution in [2.75, 3.05) is 19.0 Å². The number of aromatic amines is 2. The maximum absolute atomic E-state index is 4.60. The first-order valence-corrected chi connectivity index (χ1v) is 10.5. The first-order chi connectivity index (χ1) is 16.2. The molecule has 0 bridgehead atoms. The van der Waals surface area contributed by atoms with Crippen LogP contribution in [0, 0.1) is 0 Å². The Morgan fingerprint density at radius 3 is 2.48 bits per heavy atom. The molecule has 0 unspecified atom stereocenters. The molecule has 6 rings (SSSR count). The number of pyridine rings is 4. The van der Waals surface area contributed by atoms with Crippen molar-refractivity contribution in [2.45, 2.75) is 0 Å². The van der Waals surface area contributed by atoms with E-state index in [-0.39, 0.29) is 0 Å². The monoisotopic (exact) mass is 432 g/mol. The van der Waals surface area contributed by atoms with E-state index in [1.165, 1.54) is 0 Å². The Hall–Kier alpha value is -4.59. The van der Waals surface area contributed by atoms with Gasteiger partial charge in [0.2, 0.25) is 0 Å². The van der Waals surface area contributed by atoms with Crippen LogP contribution >= 0.6 is 0 Å². The average molecular weight is 432 g/mol. The van der Waals surface area contributed by atoms with E-state index in [9.17, 15) is 0 Å². The van der Waals surface area contributed by atoms with Gasteiger partial charge in [-0.1, -0.05) is 6.07 Å². The first kappa shape index (κ1) is 19.1. The summed E-state index contributed by atoms with van der Waals surface area (Å²) < 4.78 is 0. The molecule has 0 saturated heterocycles. The molecule has 6 aromatic rings. The van der Waals surface area contributed by atoms with E-state index in [1.807, 2.05) is 68.3 Å². The van der Waals surface area contributed by atoms with Crippen LogP contribution in [0.5, 0.6) is 0 Å². The van der Waals surface area contributed by atoms with E-state index in [0.717, 1.165) is 61.3 Å². The van der Waals surface area contributed by atoms with Crippen molar-refractivity contribution >= 4 is 27.6 Å². The second kappa shape index (κ2) is 7.52. The molecule has 0 atom stereocenters. The van der Waals surface area contributed by atoms with Crippen molar-refractivity contribution in [3.8, 4) is 33.6 Å². The highest BCUT2D eigenvalue weighted by molar-refractivity contribution is 6.00. The van der Waals surface area contributed by atoms with Gasteiger partial charge in [-0.3, -0.25) is 20.1 Å². The number of H-pyrrole nitrogens is 2. The fraction of sp³-hybridized carbons (Fsp3) is 0.0800. The summed E-state index contributed by atoms with van der Waals surface area (Å²) in [5.74, 6) is 0. The number of aromatic nitrogens is 7. The van der Waals surface area contributed by atoms with Crippen LogP contribution in [0.15, 0.2) is 73.7 Å². The number of fused-ring (bicyclic) bond motifs is 2. The van der Waals surface area contributed by atoms with E-state index in [0.29, 0.717) is 0 Å². The fourth-order valence-electron chi connectivity index (χ4n) is 4.03. The lowest BCUT2D eigenvalue weighted by atomic mass is 10.1. The highest BCUT2D eigenvalue weighted by atomic mass is 15.2. The van der Waals surface area contributed by atoms with Crippen molar-refractivity contribution < 1.29 is 0 Å². The van der Waals surface area contributed by atoms with Crippen LogP contribution in [-0.2, 0) is 0 Å². The van der Waals surface area contributed by atoms with Crippen LogP contribution in [0.3, 0.4) is 0 Å². The van der Waals surface area contributed by atoms with Gasteiger partial charge in [0.05, 0.1) is 29.3 Å². The molecule has 0 aliphatic rings. The van der Waals surface area contributed by atoms with Gasteiger partial charge in [0.25, 0.3) is 0 Å². The molecule has 0 radical (unpaired) electrons. The largest absolute Gasteiger partial charge is 0.376 e. The molecule has 0 saturated carbocycles. The van der Waals surface area contributed by atoms with Crippen LogP contribution in [0.2, 0.25) is 0 Å². The van der Waals surface area contributed by atoms with Gasteiger partial charge >= 0.3 is 0 Å². The minimum Gasteiger partial charge on any atom is -0.376 e. The van der Waals surface area contributed by atoms with Gasteiger partial charge in [0, 0.05) is 78.1 Å². The smallest absolute Gasteiger partial charge is 0.155 e. The highest BCUT2D eigenvalue weighted by Gasteiger charge is 2.15. The Labute approximate surface area is 189 Å². The lowest BCUT2D eigenvalue weighted by Gasteiger charge is -2.12. The summed E-state index contributed by atoms with van der Waals surface area (Å²) >= 11 is 0. The van der Waals surface area contributed by atoms with Crippen molar-refractivity contribution in [3.63, 3.8) is 0 Å². The van der Waals surface area contributed by atoms with Crippen LogP contribution in [0.25, 0.3) is 55.6 Å². The van der Waals surface area contributed by atoms with E-state index < -0.39 is 0 Å². The Morgan fingerprint density at radius 2 is 1.64 bits per heavy atom. The number of hydrogen-bond donors (Lipinski definition) is 2. The van der Waals surface area contributed by atoms with Gasteiger partial charge in [-0.15, -0.1) is 0 Å². The molecule has 2 N–H and O–H groups in total. The minimum atomic E-state index is 0.731. The van der Waals surface area contributed by atoms with Crippen molar-refractivity contribution in [1.82, 2.24) is 35.1 Å². The molecule has 0 amide bonds. The lowest BCUT2D eigenvalue weighted by molar-refractivity contribution is 1.10. The zero-order valence-corrected chi connectivity index (χ0v) is 18.1. The van der Waals surface area contributed by atoms with Gasteiger partial charge in [-0.05, 0) is 24.3 Å². The molecule has 8 nitrogen and oxygen atoms in total. The Balaban J connectivity index is 1.48. The molecule has 6 aromatic heterocycles. The Morgan fingerprint density at radius 1 is 0.788 bits per heavy atom. The summed E-state index contributed by atoms with van der Waals surface area (Å²) in [6, 6.07) is 10.3. The minimum absolute atomic E-state index is 0.731. The summed E-state index contributed by atoms with van der Waals surface area (Å²) in [7, 11) is 4.00. The van der Waals surface area contributed by atoms with Crippen molar-refractivity contribution in [1.29, 1.82) is 0 Å². The normalized spacial score (nSPS) is 11.3. The summed E-state index contributed by atoms with van der Waals surface area (Å²) in [6.45, 7) is 0. The van der Waals surface area contributed by atoms with E-state index in [2.05, 4.69) is 53.3 Å². The van der Waals surface area contributed by atoms with Crippen LogP contribution in [-0.4, -0.2) is 49.2 Å². The van der Waals surface area contributed by atoms with Crippen LogP contribution in [0.4, 0.5) is 5.69 Å². The molecular formula is C25H20N8. The topological polar surface area (TPSA) is 99.3 Å². The summed E-state index contributed by atoms with van der Waals surface area (Å²) in [6.07, 6.45) is 12.8. The SMILES string of the molecule is CN(C)c1cncc(-c2cnc3[nH]nc(-c4cc5c(-c6cccnc6)cncc5[nH]4)c3c2)c1. The third-order valence-corrected chi connectivity index (χ3v) is 5.76. The number of nitrogens with zero attached hydrogens (tertiary/aromatic N) is 6. The maximum Gasteiger partial charge on any atom is 0.155 e. The van der Waals surface area contributed by atoms with Gasteiger partial charge in [-0.25, -0.2) is 4.98 Å². The zero-order chi connectivity index (χ0) is 22.4. The molecule has 0 spiro atoms. The number of nitrogens with one attached hydrogen (secondary N) is 2. The van der Waals surface area contributed by atoms with Gasteiger partial charge in [0.15, 0.2) is 5.65 Å². The second-order valence-corrected chi connectivity index (χ2v) is 8.09. The summed E-state index contributed by atoms with van der Waals surface area (Å²) in [5.41, 5.74) is 8.43. The Kier molecular flexibility index (Phi) is 4.36. The zero-order valence-electron chi connectivity index (χ0n) is 18.1. The number of anilines is 1. The van der Waals surface area contributed by atoms with Gasteiger partial charge < -0.3 is 9.88 Å². The van der Waals surface area contributed by atoms with Crippen LogP contribution in [0.1, 0.15) is 0 Å². The predicted molar refractivity (Wildman–Crippen MR) is 130 cm³/mol. The molecule has 33 heavy (non-hydrogen) atoms. The van der Waals surface area contributed by atoms with Crippen molar-refractivity contribution in [2.24, 2.45) is 0 Å². The standard InChI is InChI=1S/C25H20N8/c1-33(2)18-6-16(10-27-12-18)17-7-20-24(31-32-25(20)29-11-17)22-8-19-21(13-28-14-23(19)30-22)15-4-3-5-26-9-15/h3-14,30H,1-2H3,(H,29,31,32). The molecule has 0 aromatic carbocycles. The third-order valence-electron chi connectivity index (χ3n) is 5.76. The van der Waals surface area contributed by atoms with Gasteiger partial charge in [-0.2, -0.15) is 5.10 Å². The molecule has 0 aliphatic heterocycles. The quantitative estimate of drug-likeness (QED) is 0.419. The molecule has 0 fully saturated rings. The third kappa shape index (κ3) is 3.28. The molecule has 8 heteroatoms. The second-order valence-electron chi connectivity index (χ2n) is 8.09. The van der Waals surface area contributed by atoms with E-state index in [4.69, 9.17) is 0 Å². The fourth-order valence-corrected chi connectivity index (χ4v) is 4.03. The van der Waals surface area contributed by atoms with E-state index >= 15 is 0 Å². The number of rotatable bonds is 4. The molecular weight excluding hydrogens is 412 g/mol. The van der Waals surface area contributed by atoms with Gasteiger partial charge in [0.1, 0.15) is 5.69 Å². The Bertz CT molecular complexity index is 1600. The molecule has 160 valence electrons.